The molecule has 2 aromatic heterocycles. The monoisotopic (exact) mass is 466 g/mol. The van der Waals surface area contributed by atoms with Crippen molar-refractivity contribution in [1.82, 2.24) is 29.3 Å². The summed E-state index contributed by atoms with van der Waals surface area (Å²) in [6, 6.07) is 7.27. The van der Waals surface area contributed by atoms with Crippen LogP contribution in [0.5, 0.6) is 6.01 Å². The highest BCUT2D eigenvalue weighted by Gasteiger charge is 2.42. The predicted octanol–water partition coefficient (Wildman–Crippen LogP) is 3.81. The van der Waals surface area contributed by atoms with Gasteiger partial charge in [0.2, 0.25) is 0 Å². The first kappa shape index (κ1) is 23.2. The summed E-state index contributed by atoms with van der Waals surface area (Å²) in [5.74, 6) is 1.14. The van der Waals surface area contributed by atoms with Crippen LogP contribution in [0.4, 0.5) is 4.39 Å². The lowest BCUT2D eigenvalue weighted by Crippen LogP contribution is -2.45. The Bertz CT molecular complexity index is 1190. The zero-order valence-electron chi connectivity index (χ0n) is 20.9. The number of likely N-dealkylation sites (N-methyl/N-ethyl adjacent to an activating group) is 1. The summed E-state index contributed by atoms with van der Waals surface area (Å²) in [7, 11) is 1.56. The lowest BCUT2D eigenvalue weighted by molar-refractivity contribution is 0.127. The molecule has 182 valence electrons. The van der Waals surface area contributed by atoms with E-state index in [2.05, 4.69) is 46.6 Å². The molecule has 3 aromatic rings. The van der Waals surface area contributed by atoms with Crippen molar-refractivity contribution in [3.8, 4) is 6.01 Å². The summed E-state index contributed by atoms with van der Waals surface area (Å²) in [6.45, 7) is 13.0. The molecule has 0 amide bonds. The molecule has 2 aliphatic rings. The van der Waals surface area contributed by atoms with E-state index in [0.29, 0.717) is 41.8 Å². The van der Waals surface area contributed by atoms with Crippen molar-refractivity contribution in [1.29, 1.82) is 0 Å². The smallest absolute Gasteiger partial charge is 0.318 e. The van der Waals surface area contributed by atoms with Crippen molar-refractivity contribution >= 4 is 11.2 Å². The van der Waals surface area contributed by atoms with E-state index in [1.165, 1.54) is 6.42 Å². The van der Waals surface area contributed by atoms with Crippen LogP contribution in [0.2, 0.25) is 0 Å². The van der Waals surface area contributed by atoms with Crippen LogP contribution < -0.4 is 4.74 Å². The van der Waals surface area contributed by atoms with Crippen LogP contribution in [0.25, 0.3) is 11.2 Å². The van der Waals surface area contributed by atoms with Gasteiger partial charge in [-0.25, -0.2) is 9.37 Å². The first-order chi connectivity index (χ1) is 16.4. The van der Waals surface area contributed by atoms with Crippen molar-refractivity contribution in [3.63, 3.8) is 0 Å². The summed E-state index contributed by atoms with van der Waals surface area (Å²) >= 11 is 0. The SMILES string of the molecule is CCN1C[C@H]2C[C@@H]1CN2Cc1ccc(Cn2c(CC(C)C)nc3c(C)nc(OC)nc32)c(F)c1. The number of halogens is 1. The highest BCUT2D eigenvalue weighted by Crippen LogP contribution is 2.32. The molecule has 2 bridgehead atoms. The molecule has 0 unspecified atom stereocenters. The summed E-state index contributed by atoms with van der Waals surface area (Å²) in [5, 5.41) is 0. The minimum atomic E-state index is -0.174. The van der Waals surface area contributed by atoms with Crippen LogP contribution in [0.15, 0.2) is 18.2 Å². The molecule has 34 heavy (non-hydrogen) atoms. The minimum Gasteiger partial charge on any atom is -0.467 e. The standard InChI is InChI=1S/C26H35FN6O/c1-6-31-14-21-11-20(31)15-32(21)12-18-7-8-19(22(27)10-18)13-33-23(9-16(2)3)29-24-17(4)28-26(34-5)30-25(24)33/h7-8,10,16,20-21H,6,9,11-15H2,1-5H3/t20-,21-/m1/s1. The molecule has 4 heterocycles. The molecule has 5 rings (SSSR count). The van der Waals surface area contributed by atoms with E-state index >= 15 is 4.39 Å². The second kappa shape index (κ2) is 9.23. The highest BCUT2D eigenvalue weighted by molar-refractivity contribution is 5.74. The van der Waals surface area contributed by atoms with Gasteiger partial charge < -0.3 is 9.30 Å². The van der Waals surface area contributed by atoms with Gasteiger partial charge >= 0.3 is 6.01 Å². The predicted molar refractivity (Wildman–Crippen MR) is 131 cm³/mol. The number of piperazine rings is 1. The van der Waals surface area contributed by atoms with E-state index in [4.69, 9.17) is 9.72 Å². The Morgan fingerprint density at radius 2 is 1.85 bits per heavy atom. The summed E-state index contributed by atoms with van der Waals surface area (Å²) in [4.78, 5) is 18.8. The van der Waals surface area contributed by atoms with Gasteiger partial charge in [0.25, 0.3) is 0 Å². The number of ether oxygens (including phenoxy) is 1. The molecule has 2 saturated heterocycles. The first-order valence-corrected chi connectivity index (χ1v) is 12.4. The van der Waals surface area contributed by atoms with Crippen LogP contribution in [0.1, 0.15) is 49.8 Å². The number of methoxy groups -OCH3 is 1. The maximum Gasteiger partial charge on any atom is 0.318 e. The van der Waals surface area contributed by atoms with E-state index < -0.39 is 0 Å². The van der Waals surface area contributed by atoms with Crippen LogP contribution in [0, 0.1) is 18.7 Å². The van der Waals surface area contributed by atoms with Crippen LogP contribution in [-0.4, -0.2) is 68.1 Å². The van der Waals surface area contributed by atoms with E-state index in [9.17, 15) is 0 Å². The van der Waals surface area contributed by atoms with Gasteiger partial charge in [-0.05, 0) is 37.4 Å². The number of aromatic nitrogens is 4. The van der Waals surface area contributed by atoms with E-state index in [1.54, 1.807) is 13.2 Å². The normalized spacial score (nSPS) is 20.8. The Morgan fingerprint density at radius 1 is 1.09 bits per heavy atom. The fourth-order valence-electron chi connectivity index (χ4n) is 5.57. The molecular formula is C26H35FN6O. The molecule has 7 nitrogen and oxygen atoms in total. The zero-order valence-corrected chi connectivity index (χ0v) is 20.9. The zero-order chi connectivity index (χ0) is 24.0. The molecule has 2 atom stereocenters. The maximum atomic E-state index is 15.3. The Kier molecular flexibility index (Phi) is 6.29. The number of imidazole rings is 1. The molecule has 2 fully saturated rings. The third-order valence-electron chi connectivity index (χ3n) is 7.31. The number of aryl methyl sites for hydroxylation is 1. The Balaban J connectivity index is 1.40. The average molecular weight is 467 g/mol. The van der Waals surface area contributed by atoms with Gasteiger partial charge in [-0.1, -0.05) is 32.9 Å². The molecule has 2 aliphatic heterocycles. The molecular weight excluding hydrogens is 431 g/mol. The Morgan fingerprint density at radius 3 is 2.50 bits per heavy atom. The van der Waals surface area contributed by atoms with Crippen LogP contribution in [-0.2, 0) is 19.5 Å². The second-order valence-electron chi connectivity index (χ2n) is 10.2. The largest absolute Gasteiger partial charge is 0.467 e. The van der Waals surface area contributed by atoms with E-state index in [0.717, 1.165) is 55.2 Å². The van der Waals surface area contributed by atoms with Gasteiger partial charge in [0.05, 0.1) is 19.3 Å². The van der Waals surface area contributed by atoms with Gasteiger partial charge in [0.15, 0.2) is 5.65 Å². The van der Waals surface area contributed by atoms with Crippen molar-refractivity contribution in [2.75, 3.05) is 26.7 Å². The highest BCUT2D eigenvalue weighted by atomic mass is 19.1. The summed E-state index contributed by atoms with van der Waals surface area (Å²) < 4.78 is 22.6. The molecule has 8 heteroatoms. The number of fused-ring (bicyclic) bond motifs is 3. The van der Waals surface area contributed by atoms with Crippen molar-refractivity contribution in [2.24, 2.45) is 5.92 Å². The number of hydrogen-bond acceptors (Lipinski definition) is 6. The fourth-order valence-corrected chi connectivity index (χ4v) is 5.57. The quantitative estimate of drug-likeness (QED) is 0.503. The van der Waals surface area contributed by atoms with Gasteiger partial charge in [0.1, 0.15) is 17.2 Å². The maximum absolute atomic E-state index is 15.3. The average Bonchev–Trinajstić information content (AvgIpc) is 3.48. The molecule has 0 aliphatic carbocycles. The second-order valence-corrected chi connectivity index (χ2v) is 10.2. The number of likely N-dealkylation sites (tertiary alicyclic amines) is 2. The number of benzene rings is 1. The third kappa shape index (κ3) is 4.29. The Labute approximate surface area is 201 Å². The molecule has 1 aromatic carbocycles. The van der Waals surface area contributed by atoms with E-state index in [-0.39, 0.29) is 5.82 Å². The van der Waals surface area contributed by atoms with Crippen molar-refractivity contribution in [2.45, 2.75) is 65.7 Å². The number of rotatable bonds is 8. The minimum absolute atomic E-state index is 0.174. The van der Waals surface area contributed by atoms with Crippen molar-refractivity contribution in [3.05, 3.63) is 46.7 Å². The lowest BCUT2D eigenvalue weighted by Gasteiger charge is -2.33. The van der Waals surface area contributed by atoms with Gasteiger partial charge in [-0.3, -0.25) is 9.80 Å². The van der Waals surface area contributed by atoms with E-state index in [1.807, 2.05) is 17.6 Å². The first-order valence-electron chi connectivity index (χ1n) is 12.4. The van der Waals surface area contributed by atoms with Crippen LogP contribution >= 0.6 is 0 Å². The van der Waals surface area contributed by atoms with Crippen molar-refractivity contribution < 1.29 is 9.13 Å². The molecule has 0 saturated carbocycles. The van der Waals surface area contributed by atoms with Gasteiger partial charge in [-0.2, -0.15) is 9.97 Å². The third-order valence-corrected chi connectivity index (χ3v) is 7.31. The van der Waals surface area contributed by atoms with Crippen LogP contribution in [0.3, 0.4) is 0 Å². The summed E-state index contributed by atoms with van der Waals surface area (Å²) in [5.41, 5.74) is 3.89. The lowest BCUT2D eigenvalue weighted by atomic mass is 10.1. The molecule has 0 spiro atoms. The van der Waals surface area contributed by atoms with Gasteiger partial charge in [0, 0.05) is 43.7 Å². The molecule has 0 radical (unpaired) electrons. The number of nitrogens with zero attached hydrogens (tertiary/aromatic N) is 6. The summed E-state index contributed by atoms with van der Waals surface area (Å²) in [6.07, 6.45) is 2.02. The topological polar surface area (TPSA) is 59.3 Å². The van der Waals surface area contributed by atoms with Gasteiger partial charge in [-0.15, -0.1) is 0 Å². The Hall–Kier alpha value is -2.58. The number of hydrogen-bond donors (Lipinski definition) is 0. The molecule has 0 N–H and O–H groups in total. The fraction of sp³-hybridized carbons (Fsp3) is 0.577.